The molecule has 0 aliphatic rings. The van der Waals surface area contributed by atoms with Crippen molar-refractivity contribution >= 4 is 28.3 Å². The molecule has 2 atom stereocenters. The minimum absolute atomic E-state index is 0.191. The SMILES string of the molecule is CCC[C@H](NC(=O)[C@@H](O)C(C)(C)C)C(=O)Nc1nc(C(F)(F)F)c(-c2nc(Cc3ccccc3)no2)s1. The highest BCUT2D eigenvalue weighted by Crippen LogP contribution is 2.41. The Morgan fingerprint density at radius 2 is 1.78 bits per heavy atom. The lowest BCUT2D eigenvalue weighted by atomic mass is 9.88. The lowest BCUT2D eigenvalue weighted by Crippen LogP contribution is -2.50. The number of rotatable bonds is 9. The highest BCUT2D eigenvalue weighted by molar-refractivity contribution is 7.19. The fourth-order valence-corrected chi connectivity index (χ4v) is 4.21. The minimum Gasteiger partial charge on any atom is -0.383 e. The van der Waals surface area contributed by atoms with E-state index in [2.05, 4.69) is 25.8 Å². The topological polar surface area (TPSA) is 130 Å². The van der Waals surface area contributed by atoms with Crippen LogP contribution >= 0.6 is 11.3 Å². The molecular formula is C24H28F3N5O4S. The Bertz CT molecular complexity index is 1220. The third-order valence-electron chi connectivity index (χ3n) is 5.27. The molecule has 3 N–H and O–H groups in total. The lowest BCUT2D eigenvalue weighted by molar-refractivity contribution is -0.140. The molecule has 0 aliphatic carbocycles. The Morgan fingerprint density at radius 3 is 2.38 bits per heavy atom. The number of hydrogen-bond acceptors (Lipinski definition) is 8. The van der Waals surface area contributed by atoms with Gasteiger partial charge in [0.15, 0.2) is 16.6 Å². The number of nitrogens with zero attached hydrogens (tertiary/aromatic N) is 3. The van der Waals surface area contributed by atoms with Crippen LogP contribution in [0.2, 0.25) is 0 Å². The summed E-state index contributed by atoms with van der Waals surface area (Å²) in [5.41, 5.74) is -1.20. The van der Waals surface area contributed by atoms with Crippen molar-refractivity contribution in [2.24, 2.45) is 5.41 Å². The summed E-state index contributed by atoms with van der Waals surface area (Å²) in [4.78, 5) is 32.5. The molecule has 2 heterocycles. The molecule has 0 spiro atoms. The molecule has 0 fully saturated rings. The van der Waals surface area contributed by atoms with Crippen LogP contribution in [0.4, 0.5) is 18.3 Å². The summed E-state index contributed by atoms with van der Waals surface area (Å²) in [6.45, 7) is 6.75. The number of benzene rings is 1. The zero-order valence-electron chi connectivity index (χ0n) is 20.7. The molecule has 1 aromatic carbocycles. The Balaban J connectivity index is 1.82. The molecule has 200 valence electrons. The number of alkyl halides is 3. The van der Waals surface area contributed by atoms with Gasteiger partial charge in [0.2, 0.25) is 11.8 Å². The third kappa shape index (κ3) is 7.35. The summed E-state index contributed by atoms with van der Waals surface area (Å²) in [6, 6.07) is 8.02. The van der Waals surface area contributed by atoms with Crippen LogP contribution in [-0.4, -0.2) is 44.2 Å². The van der Waals surface area contributed by atoms with Crippen LogP contribution in [0.25, 0.3) is 10.8 Å². The highest BCUT2D eigenvalue weighted by atomic mass is 32.1. The number of thiazole rings is 1. The first-order chi connectivity index (χ1) is 17.3. The largest absolute Gasteiger partial charge is 0.435 e. The van der Waals surface area contributed by atoms with Crippen LogP contribution in [0, 0.1) is 5.41 Å². The summed E-state index contributed by atoms with van der Waals surface area (Å²) in [5.74, 6) is -1.70. The molecule has 0 unspecified atom stereocenters. The Morgan fingerprint density at radius 1 is 1.11 bits per heavy atom. The number of aliphatic hydroxyl groups is 1. The number of aliphatic hydroxyl groups excluding tert-OH is 1. The van der Waals surface area contributed by atoms with Gasteiger partial charge in [0, 0.05) is 6.42 Å². The van der Waals surface area contributed by atoms with Gasteiger partial charge >= 0.3 is 6.18 Å². The summed E-state index contributed by atoms with van der Waals surface area (Å²) in [7, 11) is 0. The third-order valence-corrected chi connectivity index (χ3v) is 6.23. The van der Waals surface area contributed by atoms with Crippen LogP contribution in [0.3, 0.4) is 0 Å². The van der Waals surface area contributed by atoms with Crippen molar-refractivity contribution in [2.75, 3.05) is 5.32 Å². The van der Waals surface area contributed by atoms with E-state index in [1.54, 1.807) is 27.7 Å². The van der Waals surface area contributed by atoms with Gasteiger partial charge in [0.25, 0.3) is 5.89 Å². The molecule has 9 nitrogen and oxygen atoms in total. The zero-order valence-corrected chi connectivity index (χ0v) is 21.5. The summed E-state index contributed by atoms with van der Waals surface area (Å²) in [5, 5.41) is 18.4. The van der Waals surface area contributed by atoms with Crippen molar-refractivity contribution in [1.82, 2.24) is 20.4 Å². The van der Waals surface area contributed by atoms with Crippen molar-refractivity contribution in [2.45, 2.75) is 65.3 Å². The van der Waals surface area contributed by atoms with E-state index < -0.39 is 46.1 Å². The predicted molar refractivity (Wildman–Crippen MR) is 131 cm³/mol. The second-order valence-corrected chi connectivity index (χ2v) is 10.5. The van der Waals surface area contributed by atoms with Gasteiger partial charge < -0.3 is 20.3 Å². The number of halogens is 3. The molecule has 0 radical (unpaired) electrons. The fourth-order valence-electron chi connectivity index (χ4n) is 3.30. The molecule has 0 saturated carbocycles. The Labute approximate surface area is 215 Å². The molecule has 0 bridgehead atoms. The van der Waals surface area contributed by atoms with Gasteiger partial charge in [-0.3, -0.25) is 9.59 Å². The van der Waals surface area contributed by atoms with Crippen molar-refractivity contribution in [3.05, 3.63) is 47.4 Å². The van der Waals surface area contributed by atoms with Gasteiger partial charge in [-0.15, -0.1) is 0 Å². The first-order valence-corrected chi connectivity index (χ1v) is 12.4. The number of amides is 2. The van der Waals surface area contributed by atoms with Crippen LogP contribution in [0.15, 0.2) is 34.9 Å². The van der Waals surface area contributed by atoms with E-state index in [1.165, 1.54) is 0 Å². The minimum atomic E-state index is -4.85. The summed E-state index contributed by atoms with van der Waals surface area (Å²) >= 11 is 0.531. The molecule has 0 aliphatic heterocycles. The summed E-state index contributed by atoms with van der Waals surface area (Å²) < 4.78 is 46.3. The van der Waals surface area contributed by atoms with Gasteiger partial charge in [-0.25, -0.2) is 4.98 Å². The molecule has 3 aromatic rings. The van der Waals surface area contributed by atoms with E-state index in [0.717, 1.165) is 5.56 Å². The molecule has 3 rings (SSSR count). The van der Waals surface area contributed by atoms with Gasteiger partial charge in [-0.05, 0) is 17.4 Å². The molecule has 13 heteroatoms. The van der Waals surface area contributed by atoms with E-state index in [-0.39, 0.29) is 29.7 Å². The fraction of sp³-hybridized carbons (Fsp3) is 0.458. The maximum absolute atomic E-state index is 13.7. The van der Waals surface area contributed by atoms with Crippen LogP contribution in [-0.2, 0) is 22.2 Å². The molecule has 37 heavy (non-hydrogen) atoms. The monoisotopic (exact) mass is 539 g/mol. The van der Waals surface area contributed by atoms with E-state index >= 15 is 0 Å². The van der Waals surface area contributed by atoms with Crippen LogP contribution < -0.4 is 10.6 Å². The number of carbonyl (C=O) groups excluding carboxylic acids is 2. The van der Waals surface area contributed by atoms with E-state index in [9.17, 15) is 27.9 Å². The average molecular weight is 540 g/mol. The van der Waals surface area contributed by atoms with E-state index in [1.807, 2.05) is 30.3 Å². The average Bonchev–Trinajstić information content (AvgIpc) is 3.45. The number of aromatic nitrogens is 3. The molecule has 2 amide bonds. The highest BCUT2D eigenvalue weighted by Gasteiger charge is 2.40. The van der Waals surface area contributed by atoms with Gasteiger partial charge in [-0.1, -0.05) is 80.9 Å². The van der Waals surface area contributed by atoms with E-state index in [4.69, 9.17) is 4.52 Å². The predicted octanol–water partition coefficient (Wildman–Crippen LogP) is 4.43. The zero-order chi connectivity index (χ0) is 27.4. The second-order valence-electron chi connectivity index (χ2n) is 9.48. The second kappa shape index (κ2) is 11.4. The lowest BCUT2D eigenvalue weighted by Gasteiger charge is -2.26. The standard InChI is InChI=1S/C24H28F3N5O4S/c1-5-9-14(28-20(35)18(33)23(2,3)4)19(34)31-22-30-17(24(25,26)27)16(37-22)21-29-15(32-36-21)12-13-10-7-6-8-11-13/h6-8,10-11,14,18,33H,5,9,12H2,1-4H3,(H,28,35)(H,30,31,34)/t14-,18+/m0/s1. The van der Waals surface area contributed by atoms with Crippen molar-refractivity contribution in [1.29, 1.82) is 0 Å². The Kier molecular flexibility index (Phi) is 8.69. The van der Waals surface area contributed by atoms with Crippen LogP contribution in [0.5, 0.6) is 0 Å². The normalized spacial score (nSPS) is 13.7. The van der Waals surface area contributed by atoms with Gasteiger partial charge in [-0.2, -0.15) is 18.2 Å². The summed E-state index contributed by atoms with van der Waals surface area (Å²) in [6.07, 6.45) is -5.28. The first-order valence-electron chi connectivity index (χ1n) is 11.5. The number of carbonyl (C=O) groups is 2. The maximum Gasteiger partial charge on any atom is 0.435 e. The van der Waals surface area contributed by atoms with E-state index in [0.29, 0.717) is 17.8 Å². The van der Waals surface area contributed by atoms with Gasteiger partial charge in [0.05, 0.1) is 0 Å². The smallest absolute Gasteiger partial charge is 0.383 e. The number of nitrogens with one attached hydrogen (secondary N) is 2. The van der Waals surface area contributed by atoms with Crippen molar-refractivity contribution in [3.8, 4) is 10.8 Å². The Hall–Kier alpha value is -3.32. The van der Waals surface area contributed by atoms with Crippen molar-refractivity contribution < 1.29 is 32.4 Å². The quantitative estimate of drug-likeness (QED) is 0.367. The first kappa shape index (κ1) is 28.3. The maximum atomic E-state index is 13.7. The van der Waals surface area contributed by atoms with Gasteiger partial charge in [0.1, 0.15) is 17.0 Å². The van der Waals surface area contributed by atoms with Crippen molar-refractivity contribution in [3.63, 3.8) is 0 Å². The molecular weight excluding hydrogens is 511 g/mol. The molecule has 2 aromatic heterocycles. The molecule has 0 saturated heterocycles. The van der Waals surface area contributed by atoms with Crippen LogP contribution in [0.1, 0.15) is 57.6 Å². The number of anilines is 1. The number of hydrogen-bond donors (Lipinski definition) is 3.